The Morgan fingerprint density at radius 2 is 2.62 bits per heavy atom. The van der Waals surface area contributed by atoms with Crippen LogP contribution in [0.25, 0.3) is 0 Å². The lowest BCUT2D eigenvalue weighted by atomic mass is 10.3. The lowest BCUT2D eigenvalue weighted by molar-refractivity contribution is 0.312. The van der Waals surface area contributed by atoms with E-state index in [4.69, 9.17) is 4.74 Å². The third-order valence-corrected chi connectivity index (χ3v) is 1.32. The van der Waals surface area contributed by atoms with Crippen LogP contribution in [-0.4, -0.2) is 18.5 Å². The van der Waals surface area contributed by atoms with Crippen LogP contribution in [0.4, 0.5) is 0 Å². The van der Waals surface area contributed by atoms with E-state index in [2.05, 4.69) is 11.9 Å². The summed E-state index contributed by atoms with van der Waals surface area (Å²) in [4.78, 5) is 4.20. The van der Waals surface area contributed by atoms with Crippen LogP contribution in [0, 0.1) is 0 Å². The minimum Gasteiger partial charge on any atom is -0.479 e. The predicted molar refractivity (Wildman–Crippen MR) is 33.1 cm³/mol. The summed E-state index contributed by atoms with van der Waals surface area (Å²) >= 11 is 0. The van der Waals surface area contributed by atoms with E-state index in [0.29, 0.717) is 6.04 Å². The standard InChI is InChI=1S/C6H11NO/c1-3-6-4-8-5(2)7-6/h6H,3-4H2,1-2H3/t6-/m0/s1. The first-order valence-electron chi connectivity index (χ1n) is 3.00. The van der Waals surface area contributed by atoms with Gasteiger partial charge in [0, 0.05) is 6.92 Å². The summed E-state index contributed by atoms with van der Waals surface area (Å²) < 4.78 is 5.11. The Bertz CT molecular complexity index is 109. The van der Waals surface area contributed by atoms with E-state index in [9.17, 15) is 0 Å². The van der Waals surface area contributed by atoms with E-state index in [0.717, 1.165) is 18.9 Å². The molecule has 0 aliphatic carbocycles. The SMILES string of the molecule is CC[C@H]1COC(C)=N1. The molecule has 0 unspecified atom stereocenters. The van der Waals surface area contributed by atoms with E-state index in [1.807, 2.05) is 6.92 Å². The monoisotopic (exact) mass is 113 g/mol. The zero-order chi connectivity index (χ0) is 5.98. The van der Waals surface area contributed by atoms with E-state index in [1.54, 1.807) is 0 Å². The molecule has 1 atom stereocenters. The molecule has 46 valence electrons. The van der Waals surface area contributed by atoms with Gasteiger partial charge in [-0.15, -0.1) is 0 Å². The molecule has 8 heavy (non-hydrogen) atoms. The van der Waals surface area contributed by atoms with Gasteiger partial charge in [0.25, 0.3) is 0 Å². The van der Waals surface area contributed by atoms with Crippen molar-refractivity contribution in [2.24, 2.45) is 4.99 Å². The molecule has 0 aromatic carbocycles. The Hall–Kier alpha value is -0.530. The van der Waals surface area contributed by atoms with E-state index < -0.39 is 0 Å². The molecule has 0 aromatic rings. The molecule has 0 bridgehead atoms. The molecule has 0 radical (unpaired) electrons. The number of ether oxygens (including phenoxy) is 1. The van der Waals surface area contributed by atoms with Crippen LogP contribution in [0.1, 0.15) is 20.3 Å². The fourth-order valence-corrected chi connectivity index (χ4v) is 0.758. The van der Waals surface area contributed by atoms with Crippen LogP contribution in [-0.2, 0) is 4.74 Å². The van der Waals surface area contributed by atoms with Crippen LogP contribution >= 0.6 is 0 Å². The molecule has 2 heteroatoms. The number of rotatable bonds is 1. The van der Waals surface area contributed by atoms with E-state index in [-0.39, 0.29) is 0 Å². The highest BCUT2D eigenvalue weighted by molar-refractivity contribution is 5.74. The summed E-state index contributed by atoms with van der Waals surface area (Å²) in [6.45, 7) is 4.81. The summed E-state index contributed by atoms with van der Waals surface area (Å²) in [5.74, 6) is 0.844. The zero-order valence-corrected chi connectivity index (χ0v) is 5.35. The summed E-state index contributed by atoms with van der Waals surface area (Å²) in [7, 11) is 0. The van der Waals surface area contributed by atoms with Gasteiger partial charge in [-0.05, 0) is 6.42 Å². The van der Waals surface area contributed by atoms with Crippen LogP contribution in [0.5, 0.6) is 0 Å². The van der Waals surface area contributed by atoms with Crippen molar-refractivity contribution in [3.8, 4) is 0 Å². The van der Waals surface area contributed by atoms with Gasteiger partial charge in [0.05, 0.1) is 6.04 Å². The van der Waals surface area contributed by atoms with Gasteiger partial charge in [0.15, 0.2) is 5.90 Å². The topological polar surface area (TPSA) is 21.6 Å². The average molecular weight is 113 g/mol. The highest BCUT2D eigenvalue weighted by Crippen LogP contribution is 2.06. The van der Waals surface area contributed by atoms with Gasteiger partial charge in [-0.2, -0.15) is 0 Å². The molecular weight excluding hydrogens is 102 g/mol. The molecule has 1 rings (SSSR count). The molecule has 0 spiro atoms. The molecule has 0 aromatic heterocycles. The Morgan fingerprint density at radius 1 is 1.88 bits per heavy atom. The maximum atomic E-state index is 5.11. The van der Waals surface area contributed by atoms with Gasteiger partial charge < -0.3 is 4.74 Å². The lowest BCUT2D eigenvalue weighted by Crippen LogP contribution is -2.02. The predicted octanol–water partition coefficient (Wildman–Crippen LogP) is 1.21. The Morgan fingerprint density at radius 3 is 2.88 bits per heavy atom. The molecule has 0 saturated heterocycles. The van der Waals surface area contributed by atoms with Crippen LogP contribution in [0.3, 0.4) is 0 Å². The molecule has 0 amide bonds. The molecule has 0 fully saturated rings. The molecule has 0 saturated carbocycles. The van der Waals surface area contributed by atoms with Gasteiger partial charge >= 0.3 is 0 Å². The van der Waals surface area contributed by atoms with E-state index in [1.165, 1.54) is 0 Å². The lowest BCUT2D eigenvalue weighted by Gasteiger charge is -1.95. The summed E-state index contributed by atoms with van der Waals surface area (Å²) in [6, 6.07) is 0.440. The highest BCUT2D eigenvalue weighted by atomic mass is 16.5. The van der Waals surface area contributed by atoms with Crippen molar-refractivity contribution in [2.75, 3.05) is 6.61 Å². The molecule has 1 aliphatic heterocycles. The Kier molecular flexibility index (Phi) is 1.51. The normalized spacial score (nSPS) is 27.2. The minimum absolute atomic E-state index is 0.440. The van der Waals surface area contributed by atoms with Crippen LogP contribution in [0.15, 0.2) is 4.99 Å². The van der Waals surface area contributed by atoms with Gasteiger partial charge in [-0.1, -0.05) is 6.92 Å². The van der Waals surface area contributed by atoms with Crippen molar-refractivity contribution in [2.45, 2.75) is 26.3 Å². The summed E-state index contributed by atoms with van der Waals surface area (Å²) in [5.41, 5.74) is 0. The van der Waals surface area contributed by atoms with Crippen molar-refractivity contribution < 1.29 is 4.74 Å². The maximum absolute atomic E-state index is 5.11. The fourth-order valence-electron chi connectivity index (χ4n) is 0.758. The van der Waals surface area contributed by atoms with Crippen LogP contribution < -0.4 is 0 Å². The second-order valence-electron chi connectivity index (χ2n) is 2.02. The van der Waals surface area contributed by atoms with Gasteiger partial charge in [0.1, 0.15) is 6.61 Å². The summed E-state index contributed by atoms with van der Waals surface area (Å²) in [6.07, 6.45) is 1.09. The van der Waals surface area contributed by atoms with Crippen molar-refractivity contribution in [1.82, 2.24) is 0 Å². The molecule has 1 heterocycles. The molecule has 1 aliphatic rings. The van der Waals surface area contributed by atoms with Crippen molar-refractivity contribution in [3.63, 3.8) is 0 Å². The first kappa shape index (κ1) is 5.60. The highest BCUT2D eigenvalue weighted by Gasteiger charge is 2.11. The van der Waals surface area contributed by atoms with Gasteiger partial charge in [0.2, 0.25) is 0 Å². The average Bonchev–Trinajstić information content (AvgIpc) is 2.14. The molecular formula is C6H11NO. The quantitative estimate of drug-likeness (QED) is 0.501. The number of hydrogen-bond acceptors (Lipinski definition) is 2. The van der Waals surface area contributed by atoms with Gasteiger partial charge in [-0.3, -0.25) is 0 Å². The largest absolute Gasteiger partial charge is 0.479 e. The fraction of sp³-hybridized carbons (Fsp3) is 0.833. The zero-order valence-electron chi connectivity index (χ0n) is 5.35. The number of nitrogens with zero attached hydrogens (tertiary/aromatic N) is 1. The van der Waals surface area contributed by atoms with Crippen LogP contribution in [0.2, 0.25) is 0 Å². The minimum atomic E-state index is 0.440. The Balaban J connectivity index is 2.41. The first-order chi connectivity index (χ1) is 3.83. The van der Waals surface area contributed by atoms with Crippen molar-refractivity contribution in [1.29, 1.82) is 0 Å². The maximum Gasteiger partial charge on any atom is 0.180 e. The smallest absolute Gasteiger partial charge is 0.180 e. The number of aliphatic imine (C=N–C) groups is 1. The summed E-state index contributed by atoms with van der Waals surface area (Å²) in [5, 5.41) is 0. The van der Waals surface area contributed by atoms with E-state index >= 15 is 0 Å². The second kappa shape index (κ2) is 2.16. The number of hydrogen-bond donors (Lipinski definition) is 0. The Labute approximate surface area is 49.6 Å². The third-order valence-electron chi connectivity index (χ3n) is 1.32. The molecule has 0 N–H and O–H groups in total. The van der Waals surface area contributed by atoms with Gasteiger partial charge in [-0.25, -0.2) is 4.99 Å². The molecule has 2 nitrogen and oxygen atoms in total. The third kappa shape index (κ3) is 0.997. The second-order valence-corrected chi connectivity index (χ2v) is 2.02. The van der Waals surface area contributed by atoms with Crippen molar-refractivity contribution >= 4 is 5.90 Å². The van der Waals surface area contributed by atoms with Crippen molar-refractivity contribution in [3.05, 3.63) is 0 Å². The first-order valence-corrected chi connectivity index (χ1v) is 3.00.